The number of benzene rings is 1. The van der Waals surface area contributed by atoms with Crippen molar-refractivity contribution in [3.8, 4) is 0 Å². The topological polar surface area (TPSA) is 41.6 Å². The average molecular weight is 385 g/mol. The molecule has 0 bridgehead atoms. The van der Waals surface area contributed by atoms with Crippen molar-refractivity contribution in [1.29, 1.82) is 0 Å². The minimum absolute atomic E-state index is 0.270. The smallest absolute Gasteiger partial charge is 0.410 e. The molecule has 0 aliphatic heterocycles. The molecular weight excluding hydrogens is 356 g/mol. The summed E-state index contributed by atoms with van der Waals surface area (Å²) in [6, 6.07) is 6.36. The van der Waals surface area contributed by atoms with Crippen LogP contribution in [0, 0.1) is 12.8 Å². The maximum absolute atomic E-state index is 11.9. The monoisotopic (exact) mass is 384 g/mol. The largest absolute Gasteiger partial charge is 0.444 e. The van der Waals surface area contributed by atoms with Crippen LogP contribution in [-0.4, -0.2) is 36.7 Å². The predicted octanol–water partition coefficient (Wildman–Crippen LogP) is 4.35. The van der Waals surface area contributed by atoms with Crippen molar-refractivity contribution < 1.29 is 9.53 Å². The van der Waals surface area contributed by atoms with Crippen molar-refractivity contribution in [2.24, 2.45) is 5.92 Å². The summed E-state index contributed by atoms with van der Waals surface area (Å²) in [6.07, 6.45) is -0.270. The maximum atomic E-state index is 11.9. The highest BCUT2D eigenvalue weighted by Crippen LogP contribution is 2.17. The zero-order valence-electron chi connectivity index (χ0n) is 15.1. The van der Waals surface area contributed by atoms with Gasteiger partial charge in [0.2, 0.25) is 0 Å². The van der Waals surface area contributed by atoms with Gasteiger partial charge in [-0.15, -0.1) is 0 Å². The molecule has 1 rings (SSSR count). The Morgan fingerprint density at radius 1 is 1.39 bits per heavy atom. The molecule has 5 heteroatoms. The molecular formula is C18H29BrN2O2. The lowest BCUT2D eigenvalue weighted by Gasteiger charge is -2.26. The molecule has 0 aliphatic carbocycles. The van der Waals surface area contributed by atoms with Gasteiger partial charge in [-0.1, -0.05) is 35.0 Å². The molecule has 1 unspecified atom stereocenters. The Morgan fingerprint density at radius 2 is 2.04 bits per heavy atom. The number of carbonyl (C=O) groups excluding carboxylic acids is 1. The Kier molecular flexibility index (Phi) is 7.55. The lowest BCUT2D eigenvalue weighted by molar-refractivity contribution is 0.0277. The van der Waals surface area contributed by atoms with Gasteiger partial charge in [-0.05, 0) is 57.4 Å². The van der Waals surface area contributed by atoms with Crippen molar-refractivity contribution >= 4 is 22.0 Å². The zero-order chi connectivity index (χ0) is 17.6. The summed E-state index contributed by atoms with van der Waals surface area (Å²) in [7, 11) is 1.78. The predicted molar refractivity (Wildman–Crippen MR) is 98.6 cm³/mol. The minimum atomic E-state index is -0.452. The number of hydrogen-bond donors (Lipinski definition) is 1. The normalized spacial score (nSPS) is 12.8. The van der Waals surface area contributed by atoms with E-state index in [-0.39, 0.29) is 6.09 Å². The first-order valence-electron chi connectivity index (χ1n) is 7.98. The van der Waals surface area contributed by atoms with Gasteiger partial charge in [0, 0.05) is 24.6 Å². The molecule has 0 heterocycles. The van der Waals surface area contributed by atoms with Crippen LogP contribution in [0.1, 0.15) is 38.8 Å². The van der Waals surface area contributed by atoms with Gasteiger partial charge in [-0.25, -0.2) is 4.79 Å². The minimum Gasteiger partial charge on any atom is -0.444 e. The second kappa shape index (κ2) is 8.69. The van der Waals surface area contributed by atoms with Crippen LogP contribution in [0.4, 0.5) is 4.79 Å². The Balaban J connectivity index is 2.34. The van der Waals surface area contributed by atoms with Crippen LogP contribution in [0.25, 0.3) is 0 Å². The Labute approximate surface area is 148 Å². The van der Waals surface area contributed by atoms with E-state index in [1.54, 1.807) is 11.9 Å². The number of nitrogens with one attached hydrogen (secondary N) is 1. The van der Waals surface area contributed by atoms with E-state index in [0.717, 1.165) is 17.6 Å². The molecule has 1 amide bonds. The molecule has 23 heavy (non-hydrogen) atoms. The SMILES string of the molecule is Cc1cc(CNCC(C)CN(C)C(=O)OC(C)(C)C)ccc1Br. The van der Waals surface area contributed by atoms with Gasteiger partial charge in [-0.2, -0.15) is 0 Å². The van der Waals surface area contributed by atoms with E-state index in [1.165, 1.54) is 11.1 Å². The molecule has 1 aromatic rings. The molecule has 0 saturated heterocycles. The summed E-state index contributed by atoms with van der Waals surface area (Å²) in [5, 5.41) is 3.45. The highest BCUT2D eigenvalue weighted by Gasteiger charge is 2.20. The second-order valence-corrected chi connectivity index (χ2v) is 8.03. The number of halogens is 1. The van der Waals surface area contributed by atoms with E-state index in [0.29, 0.717) is 12.5 Å². The van der Waals surface area contributed by atoms with Gasteiger partial charge in [0.1, 0.15) is 5.60 Å². The Bertz CT molecular complexity index is 526. The van der Waals surface area contributed by atoms with Crippen LogP contribution in [0.2, 0.25) is 0 Å². The van der Waals surface area contributed by atoms with E-state index in [4.69, 9.17) is 4.74 Å². The molecule has 0 fully saturated rings. The molecule has 1 aromatic carbocycles. The number of carbonyl (C=O) groups is 1. The van der Waals surface area contributed by atoms with Crippen molar-refractivity contribution in [3.05, 3.63) is 33.8 Å². The van der Waals surface area contributed by atoms with E-state index < -0.39 is 5.60 Å². The highest BCUT2D eigenvalue weighted by atomic mass is 79.9. The summed E-state index contributed by atoms with van der Waals surface area (Å²) in [6.45, 7) is 12.2. The van der Waals surface area contributed by atoms with Crippen LogP contribution in [0.3, 0.4) is 0 Å². The Morgan fingerprint density at radius 3 is 2.61 bits per heavy atom. The third kappa shape index (κ3) is 7.84. The number of nitrogens with zero attached hydrogens (tertiary/aromatic N) is 1. The van der Waals surface area contributed by atoms with Gasteiger partial charge >= 0.3 is 6.09 Å². The molecule has 0 aromatic heterocycles. The standard InChI is InChI=1S/C18H29BrN2O2/c1-13(12-21(6)17(22)23-18(3,4)5)10-20-11-15-7-8-16(19)14(2)9-15/h7-9,13,20H,10-12H2,1-6H3. The third-order valence-corrected chi connectivity index (χ3v) is 4.22. The highest BCUT2D eigenvalue weighted by molar-refractivity contribution is 9.10. The van der Waals surface area contributed by atoms with E-state index in [9.17, 15) is 4.79 Å². The maximum Gasteiger partial charge on any atom is 0.410 e. The molecule has 0 aliphatic rings. The molecule has 0 spiro atoms. The van der Waals surface area contributed by atoms with Gasteiger partial charge < -0.3 is 15.0 Å². The summed E-state index contributed by atoms with van der Waals surface area (Å²) in [5.41, 5.74) is 2.05. The van der Waals surface area contributed by atoms with Gasteiger partial charge in [0.05, 0.1) is 0 Å². The number of hydrogen-bond acceptors (Lipinski definition) is 3. The summed E-state index contributed by atoms with van der Waals surface area (Å²) >= 11 is 3.51. The van der Waals surface area contributed by atoms with Gasteiger partial charge in [0.25, 0.3) is 0 Å². The number of amides is 1. The fourth-order valence-electron chi connectivity index (χ4n) is 2.23. The second-order valence-electron chi connectivity index (χ2n) is 7.18. The zero-order valence-corrected chi connectivity index (χ0v) is 16.7. The van der Waals surface area contributed by atoms with E-state index >= 15 is 0 Å². The van der Waals surface area contributed by atoms with Crippen LogP contribution in [0.15, 0.2) is 22.7 Å². The average Bonchev–Trinajstić information content (AvgIpc) is 2.40. The molecule has 0 saturated carbocycles. The first-order valence-corrected chi connectivity index (χ1v) is 8.77. The molecule has 130 valence electrons. The first kappa shape index (κ1) is 20.0. The van der Waals surface area contributed by atoms with Crippen molar-refractivity contribution in [2.45, 2.75) is 46.8 Å². The van der Waals surface area contributed by atoms with Crippen LogP contribution < -0.4 is 5.32 Å². The van der Waals surface area contributed by atoms with Crippen LogP contribution >= 0.6 is 15.9 Å². The van der Waals surface area contributed by atoms with Crippen LogP contribution in [-0.2, 0) is 11.3 Å². The molecule has 1 atom stereocenters. The lowest BCUT2D eigenvalue weighted by atomic mass is 10.1. The summed E-state index contributed by atoms with van der Waals surface area (Å²) in [4.78, 5) is 13.6. The lowest BCUT2D eigenvalue weighted by Crippen LogP contribution is -2.38. The van der Waals surface area contributed by atoms with Crippen LogP contribution in [0.5, 0.6) is 0 Å². The number of ether oxygens (including phenoxy) is 1. The van der Waals surface area contributed by atoms with Crippen molar-refractivity contribution in [3.63, 3.8) is 0 Å². The van der Waals surface area contributed by atoms with E-state index in [1.807, 2.05) is 20.8 Å². The molecule has 1 N–H and O–H groups in total. The van der Waals surface area contributed by atoms with E-state index in [2.05, 4.69) is 53.3 Å². The summed E-state index contributed by atoms with van der Waals surface area (Å²) in [5.74, 6) is 0.351. The Hall–Kier alpha value is -1.07. The van der Waals surface area contributed by atoms with Gasteiger partial charge in [-0.3, -0.25) is 0 Å². The quantitative estimate of drug-likeness (QED) is 0.792. The van der Waals surface area contributed by atoms with Crippen molar-refractivity contribution in [2.75, 3.05) is 20.1 Å². The first-order chi connectivity index (χ1) is 10.6. The molecule has 4 nitrogen and oxygen atoms in total. The molecule has 0 radical (unpaired) electrons. The van der Waals surface area contributed by atoms with Crippen molar-refractivity contribution in [1.82, 2.24) is 10.2 Å². The summed E-state index contributed by atoms with van der Waals surface area (Å²) < 4.78 is 6.49. The fourth-order valence-corrected chi connectivity index (χ4v) is 2.47. The third-order valence-electron chi connectivity index (χ3n) is 3.33. The number of aryl methyl sites for hydroxylation is 1. The number of rotatable bonds is 6. The van der Waals surface area contributed by atoms with Gasteiger partial charge in [0.15, 0.2) is 0 Å². The fraction of sp³-hybridized carbons (Fsp3) is 0.611.